The number of carbonyl (C=O) groups is 1. The molecule has 2 heterocycles. The highest BCUT2D eigenvalue weighted by atomic mass is 16.1. The SMILES string of the molecule is CC.[C-]#[N+]/C(C(=O)c1cccnc1)=C1\CCCCN1. The number of hydrogen-bond acceptors (Lipinski definition) is 3. The lowest BCUT2D eigenvalue weighted by molar-refractivity contribution is 0.103. The van der Waals surface area contributed by atoms with Gasteiger partial charge < -0.3 is 10.1 Å². The maximum atomic E-state index is 12.1. The molecule has 4 heteroatoms. The van der Waals surface area contributed by atoms with Gasteiger partial charge in [0, 0.05) is 30.2 Å². The summed E-state index contributed by atoms with van der Waals surface area (Å²) in [5.74, 6) is -0.238. The predicted molar refractivity (Wildman–Crippen MR) is 75.4 cm³/mol. The molecule has 1 aromatic rings. The van der Waals surface area contributed by atoms with E-state index in [1.54, 1.807) is 18.3 Å². The van der Waals surface area contributed by atoms with Gasteiger partial charge in [0.2, 0.25) is 0 Å². The number of ketones is 1. The van der Waals surface area contributed by atoms with Crippen molar-refractivity contribution in [3.63, 3.8) is 0 Å². The number of carbonyl (C=O) groups excluding carboxylic acids is 1. The molecule has 2 rings (SSSR count). The maximum absolute atomic E-state index is 12.1. The fraction of sp³-hybridized carbons (Fsp3) is 0.400. The zero-order valence-electron chi connectivity index (χ0n) is 11.4. The van der Waals surface area contributed by atoms with Gasteiger partial charge >= 0.3 is 0 Å². The van der Waals surface area contributed by atoms with Crippen molar-refractivity contribution in [1.29, 1.82) is 0 Å². The number of rotatable bonds is 2. The van der Waals surface area contributed by atoms with Gasteiger partial charge in [0.05, 0.1) is 6.57 Å². The third-order valence-corrected chi connectivity index (χ3v) is 2.73. The van der Waals surface area contributed by atoms with Crippen LogP contribution in [0.2, 0.25) is 0 Å². The van der Waals surface area contributed by atoms with Crippen LogP contribution in [0.1, 0.15) is 43.5 Å². The van der Waals surface area contributed by atoms with Gasteiger partial charge in [0.1, 0.15) is 0 Å². The fourth-order valence-electron chi connectivity index (χ4n) is 1.85. The van der Waals surface area contributed by atoms with Crippen LogP contribution in [0.15, 0.2) is 35.9 Å². The van der Waals surface area contributed by atoms with Crippen molar-refractivity contribution < 1.29 is 4.79 Å². The average molecular weight is 257 g/mol. The minimum Gasteiger partial charge on any atom is -0.397 e. The summed E-state index contributed by atoms with van der Waals surface area (Å²) in [5, 5.41) is 3.15. The highest BCUT2D eigenvalue weighted by Crippen LogP contribution is 2.19. The van der Waals surface area contributed by atoms with Gasteiger partial charge in [0.25, 0.3) is 5.70 Å². The highest BCUT2D eigenvalue weighted by Gasteiger charge is 2.19. The molecule has 0 unspecified atom stereocenters. The van der Waals surface area contributed by atoms with Gasteiger partial charge in [-0.25, -0.2) is 4.85 Å². The van der Waals surface area contributed by atoms with Crippen molar-refractivity contribution in [1.82, 2.24) is 10.3 Å². The molecule has 0 aromatic carbocycles. The molecule has 1 N–H and O–H groups in total. The molecule has 0 radical (unpaired) electrons. The van der Waals surface area contributed by atoms with E-state index in [0.29, 0.717) is 5.56 Å². The lowest BCUT2D eigenvalue weighted by Crippen LogP contribution is -2.23. The second-order valence-corrected chi connectivity index (χ2v) is 3.89. The molecule has 1 aliphatic heterocycles. The van der Waals surface area contributed by atoms with Crippen LogP contribution >= 0.6 is 0 Å². The van der Waals surface area contributed by atoms with E-state index in [4.69, 9.17) is 6.57 Å². The van der Waals surface area contributed by atoms with Crippen LogP contribution in [0.5, 0.6) is 0 Å². The molecule has 0 atom stereocenters. The number of nitrogens with one attached hydrogen (secondary N) is 1. The summed E-state index contributed by atoms with van der Waals surface area (Å²) >= 11 is 0. The van der Waals surface area contributed by atoms with Crippen LogP contribution < -0.4 is 5.32 Å². The largest absolute Gasteiger partial charge is 0.397 e. The Bertz CT molecular complexity index is 478. The minimum atomic E-state index is -0.238. The Morgan fingerprint density at radius 3 is 2.74 bits per heavy atom. The number of piperidine rings is 1. The van der Waals surface area contributed by atoms with Crippen LogP contribution in [-0.4, -0.2) is 17.3 Å². The summed E-state index contributed by atoms with van der Waals surface area (Å²) in [5.41, 5.74) is 1.45. The Labute approximate surface area is 114 Å². The monoisotopic (exact) mass is 257 g/mol. The van der Waals surface area contributed by atoms with Crippen molar-refractivity contribution in [3.8, 4) is 0 Å². The van der Waals surface area contributed by atoms with Crippen molar-refractivity contribution >= 4 is 5.78 Å². The third-order valence-electron chi connectivity index (χ3n) is 2.73. The number of Topliss-reactive ketones (excluding diaryl/α,β-unsaturated/α-hetero) is 1. The molecular weight excluding hydrogens is 238 g/mol. The first-order chi connectivity index (χ1) is 9.33. The Balaban J connectivity index is 0.000000861. The average Bonchev–Trinajstić information content (AvgIpc) is 2.52. The summed E-state index contributed by atoms with van der Waals surface area (Å²) in [7, 11) is 0. The minimum absolute atomic E-state index is 0.206. The molecule has 19 heavy (non-hydrogen) atoms. The van der Waals surface area contributed by atoms with Crippen LogP contribution in [0.4, 0.5) is 0 Å². The standard InChI is InChI=1S/C13H13N3O.C2H6/c1-14-12(11-6-2-3-8-16-11)13(17)10-5-4-7-15-9-10;1-2/h4-5,7,9,16H,2-3,6,8H2;1-2H3/b12-11+;. The first-order valence-corrected chi connectivity index (χ1v) is 6.62. The molecule has 1 fully saturated rings. The molecule has 0 saturated carbocycles. The number of hydrogen-bond donors (Lipinski definition) is 1. The van der Waals surface area contributed by atoms with Crippen LogP contribution in [0.3, 0.4) is 0 Å². The lowest BCUT2D eigenvalue weighted by atomic mass is 10.0. The molecule has 1 aromatic heterocycles. The van der Waals surface area contributed by atoms with Gasteiger partial charge in [-0.3, -0.25) is 4.98 Å². The molecule has 0 bridgehead atoms. The molecule has 0 aliphatic carbocycles. The maximum Gasteiger partial charge on any atom is 0.252 e. The second-order valence-electron chi connectivity index (χ2n) is 3.89. The zero-order chi connectivity index (χ0) is 14.1. The van der Waals surface area contributed by atoms with E-state index in [1.807, 2.05) is 13.8 Å². The van der Waals surface area contributed by atoms with Crippen LogP contribution in [0, 0.1) is 6.57 Å². The fourth-order valence-corrected chi connectivity index (χ4v) is 1.85. The second kappa shape index (κ2) is 8.04. The van der Waals surface area contributed by atoms with E-state index in [0.717, 1.165) is 31.5 Å². The molecule has 1 aliphatic rings. The summed E-state index contributed by atoms with van der Waals surface area (Å²) in [6.07, 6.45) is 6.01. The topological polar surface area (TPSA) is 46.4 Å². The van der Waals surface area contributed by atoms with Gasteiger partial charge in [-0.2, -0.15) is 0 Å². The Hall–Kier alpha value is -2.15. The molecule has 100 valence electrons. The Morgan fingerprint density at radius 2 is 2.21 bits per heavy atom. The number of pyridine rings is 1. The van der Waals surface area contributed by atoms with Crippen molar-refractivity contribution in [2.24, 2.45) is 0 Å². The summed E-state index contributed by atoms with van der Waals surface area (Å²) in [6, 6.07) is 3.39. The summed E-state index contributed by atoms with van der Waals surface area (Å²) < 4.78 is 0. The van der Waals surface area contributed by atoms with Gasteiger partial charge in [0.15, 0.2) is 5.78 Å². The highest BCUT2D eigenvalue weighted by molar-refractivity contribution is 6.10. The van der Waals surface area contributed by atoms with E-state index >= 15 is 0 Å². The molecule has 0 spiro atoms. The number of aromatic nitrogens is 1. The quantitative estimate of drug-likeness (QED) is 0.503. The van der Waals surface area contributed by atoms with Crippen molar-refractivity contribution in [3.05, 3.63) is 52.9 Å². The first-order valence-electron chi connectivity index (χ1n) is 6.62. The van der Waals surface area contributed by atoms with E-state index in [2.05, 4.69) is 15.1 Å². The molecule has 1 saturated heterocycles. The summed E-state index contributed by atoms with van der Waals surface area (Å²) in [4.78, 5) is 19.4. The van der Waals surface area contributed by atoms with Gasteiger partial charge in [-0.15, -0.1) is 0 Å². The lowest BCUT2D eigenvalue weighted by Gasteiger charge is -2.18. The van der Waals surface area contributed by atoms with Crippen LogP contribution in [-0.2, 0) is 0 Å². The molecular formula is C15H19N3O. The molecule has 4 nitrogen and oxygen atoms in total. The van der Waals surface area contributed by atoms with Crippen LogP contribution in [0.25, 0.3) is 4.85 Å². The van der Waals surface area contributed by atoms with Gasteiger partial charge in [-0.05, 0) is 31.4 Å². The first kappa shape index (κ1) is 14.9. The van der Waals surface area contributed by atoms with Crippen molar-refractivity contribution in [2.45, 2.75) is 33.1 Å². The van der Waals surface area contributed by atoms with E-state index in [9.17, 15) is 4.79 Å². The van der Waals surface area contributed by atoms with E-state index in [1.165, 1.54) is 6.20 Å². The smallest absolute Gasteiger partial charge is 0.252 e. The van der Waals surface area contributed by atoms with Crippen molar-refractivity contribution in [2.75, 3.05) is 6.54 Å². The zero-order valence-corrected chi connectivity index (χ0v) is 11.4. The number of nitrogens with zero attached hydrogens (tertiary/aromatic N) is 2. The van der Waals surface area contributed by atoms with E-state index < -0.39 is 0 Å². The Kier molecular flexibility index (Phi) is 6.31. The normalized spacial score (nSPS) is 16.3. The summed E-state index contributed by atoms with van der Waals surface area (Å²) in [6.45, 7) is 12.0. The predicted octanol–water partition coefficient (Wildman–Crippen LogP) is 3.19. The van der Waals surface area contributed by atoms with Gasteiger partial charge in [-0.1, -0.05) is 13.8 Å². The van der Waals surface area contributed by atoms with E-state index in [-0.39, 0.29) is 11.5 Å². The Morgan fingerprint density at radius 1 is 1.42 bits per heavy atom. The number of allylic oxidation sites excluding steroid dienone is 2. The third kappa shape index (κ3) is 3.92. The molecule has 0 amide bonds.